The molecule has 2 aromatic rings. The summed E-state index contributed by atoms with van der Waals surface area (Å²) in [5, 5.41) is 0. The van der Waals surface area contributed by atoms with Crippen LogP contribution in [0.4, 0.5) is 0 Å². The van der Waals surface area contributed by atoms with Crippen LogP contribution in [0.5, 0.6) is 0 Å². The molecule has 1 heterocycles. The van der Waals surface area contributed by atoms with Gasteiger partial charge in [0.2, 0.25) is 6.29 Å². The van der Waals surface area contributed by atoms with Crippen LogP contribution in [0.1, 0.15) is 31.4 Å². The van der Waals surface area contributed by atoms with Crippen LogP contribution >= 0.6 is 0 Å². The van der Waals surface area contributed by atoms with Crippen LogP contribution in [0, 0.1) is 5.92 Å². The van der Waals surface area contributed by atoms with Crippen molar-refractivity contribution in [3.63, 3.8) is 0 Å². The van der Waals surface area contributed by atoms with Gasteiger partial charge in [-0.05, 0) is 11.1 Å². The third kappa shape index (κ3) is 6.16. The Morgan fingerprint density at radius 3 is 2.21 bits per heavy atom. The maximum absolute atomic E-state index is 11.4. The summed E-state index contributed by atoms with van der Waals surface area (Å²) in [4.78, 5) is 11.4. The summed E-state index contributed by atoms with van der Waals surface area (Å²) in [7, 11) is 0. The molecule has 0 N–H and O–H groups in total. The molecule has 1 fully saturated rings. The zero-order valence-corrected chi connectivity index (χ0v) is 16.5. The van der Waals surface area contributed by atoms with Crippen LogP contribution in [0.15, 0.2) is 60.7 Å². The number of hydrogen-bond donors (Lipinski definition) is 0. The second-order valence-corrected chi connectivity index (χ2v) is 7.14. The first kappa shape index (κ1) is 20.5. The molecule has 1 aliphatic heterocycles. The van der Waals surface area contributed by atoms with Gasteiger partial charge in [-0.15, -0.1) is 0 Å². The Morgan fingerprint density at radius 1 is 1.00 bits per heavy atom. The van der Waals surface area contributed by atoms with Gasteiger partial charge < -0.3 is 18.9 Å². The molecular formula is C23H28O5. The smallest absolute Gasteiger partial charge is 0.304 e. The topological polar surface area (TPSA) is 54.0 Å². The maximum Gasteiger partial charge on any atom is 0.304 e. The number of ether oxygens (including phenoxy) is 4. The Hall–Kier alpha value is -2.21. The minimum absolute atomic E-state index is 0.0800. The van der Waals surface area contributed by atoms with Crippen LogP contribution in [0.3, 0.4) is 0 Å². The second kappa shape index (κ2) is 10.4. The monoisotopic (exact) mass is 384 g/mol. The average Bonchev–Trinajstić information content (AvgIpc) is 2.70. The molecule has 2 aromatic carbocycles. The van der Waals surface area contributed by atoms with Gasteiger partial charge in [-0.25, -0.2) is 0 Å². The average molecular weight is 384 g/mol. The van der Waals surface area contributed by atoms with E-state index in [1.165, 1.54) is 6.92 Å². The number of hydrogen-bond acceptors (Lipinski definition) is 5. The van der Waals surface area contributed by atoms with E-state index >= 15 is 0 Å². The molecule has 28 heavy (non-hydrogen) atoms. The standard InChI is InChI=1S/C23H28O5/c1-17-21(26-15-20-11-7-4-8-12-20)13-23(27-18(2)24)28-22(17)16-25-14-19-9-5-3-6-10-19/h3-12,17,21-23H,13-16H2,1-2H3. The zero-order chi connectivity index (χ0) is 19.8. The van der Waals surface area contributed by atoms with Crippen LogP contribution < -0.4 is 0 Å². The van der Waals surface area contributed by atoms with Gasteiger partial charge >= 0.3 is 5.97 Å². The summed E-state index contributed by atoms with van der Waals surface area (Å²) in [6, 6.07) is 20.1. The molecule has 0 amide bonds. The molecule has 4 unspecified atom stereocenters. The molecular weight excluding hydrogens is 356 g/mol. The first-order valence-electron chi connectivity index (χ1n) is 9.71. The highest BCUT2D eigenvalue weighted by Gasteiger charge is 2.38. The lowest BCUT2D eigenvalue weighted by Crippen LogP contribution is -2.47. The fourth-order valence-electron chi connectivity index (χ4n) is 3.33. The summed E-state index contributed by atoms with van der Waals surface area (Å²) in [5.74, 6) is -0.239. The first-order chi connectivity index (χ1) is 13.6. The van der Waals surface area contributed by atoms with Crippen molar-refractivity contribution in [3.8, 4) is 0 Å². The lowest BCUT2D eigenvalue weighted by molar-refractivity contribution is -0.245. The molecule has 0 radical (unpaired) electrons. The Bertz CT molecular complexity index is 718. The van der Waals surface area contributed by atoms with E-state index in [-0.39, 0.29) is 24.1 Å². The van der Waals surface area contributed by atoms with Crippen molar-refractivity contribution in [1.82, 2.24) is 0 Å². The SMILES string of the molecule is CC(=O)OC1CC(OCc2ccccc2)C(C)C(COCc2ccccc2)O1. The molecule has 4 atom stereocenters. The first-order valence-corrected chi connectivity index (χ1v) is 9.71. The normalized spacial score (nSPS) is 24.6. The van der Waals surface area contributed by atoms with E-state index in [9.17, 15) is 4.79 Å². The fraction of sp³-hybridized carbons (Fsp3) is 0.435. The van der Waals surface area contributed by atoms with Crippen LogP contribution in [0.25, 0.3) is 0 Å². The van der Waals surface area contributed by atoms with Crippen molar-refractivity contribution >= 4 is 5.97 Å². The summed E-state index contributed by atoms with van der Waals surface area (Å²) >= 11 is 0. The van der Waals surface area contributed by atoms with E-state index in [1.807, 2.05) is 60.7 Å². The number of esters is 1. The molecule has 5 heteroatoms. The summed E-state index contributed by atoms with van der Waals surface area (Å²) < 4.78 is 23.3. The molecule has 5 nitrogen and oxygen atoms in total. The van der Waals surface area contributed by atoms with Crippen LogP contribution in [0.2, 0.25) is 0 Å². The Balaban J connectivity index is 1.58. The van der Waals surface area contributed by atoms with Gasteiger partial charge in [0.1, 0.15) is 0 Å². The molecule has 0 saturated carbocycles. The third-order valence-electron chi connectivity index (χ3n) is 4.92. The minimum atomic E-state index is -0.611. The quantitative estimate of drug-likeness (QED) is 0.641. The summed E-state index contributed by atoms with van der Waals surface area (Å²) in [5.41, 5.74) is 2.22. The number of carbonyl (C=O) groups is 1. The van der Waals surface area contributed by atoms with Gasteiger partial charge in [-0.2, -0.15) is 0 Å². The highest BCUT2D eigenvalue weighted by Crippen LogP contribution is 2.29. The molecule has 150 valence electrons. The van der Waals surface area contributed by atoms with E-state index in [0.29, 0.717) is 26.2 Å². The van der Waals surface area contributed by atoms with Crippen molar-refractivity contribution < 1.29 is 23.7 Å². The van der Waals surface area contributed by atoms with E-state index in [0.717, 1.165) is 11.1 Å². The van der Waals surface area contributed by atoms with Gasteiger partial charge in [0.15, 0.2) is 0 Å². The van der Waals surface area contributed by atoms with Crippen molar-refractivity contribution in [2.45, 2.75) is 52.0 Å². The highest BCUT2D eigenvalue weighted by atomic mass is 16.7. The van der Waals surface area contributed by atoms with Crippen LogP contribution in [-0.2, 0) is 37.0 Å². The van der Waals surface area contributed by atoms with Gasteiger partial charge in [-0.1, -0.05) is 67.6 Å². The third-order valence-corrected chi connectivity index (χ3v) is 4.92. The molecule has 0 aromatic heterocycles. The predicted molar refractivity (Wildman–Crippen MR) is 105 cm³/mol. The molecule has 1 aliphatic rings. The largest absolute Gasteiger partial charge is 0.436 e. The number of rotatable bonds is 8. The van der Waals surface area contributed by atoms with Crippen molar-refractivity contribution in [3.05, 3.63) is 71.8 Å². The Kier molecular flexibility index (Phi) is 7.60. The number of carbonyl (C=O) groups excluding carboxylic acids is 1. The lowest BCUT2D eigenvalue weighted by atomic mass is 9.92. The van der Waals surface area contributed by atoms with Gasteiger partial charge in [-0.3, -0.25) is 4.79 Å². The van der Waals surface area contributed by atoms with Crippen molar-refractivity contribution in [2.24, 2.45) is 5.92 Å². The molecule has 1 saturated heterocycles. The van der Waals surface area contributed by atoms with E-state index in [2.05, 4.69) is 6.92 Å². The van der Waals surface area contributed by atoms with Crippen LogP contribution in [-0.4, -0.2) is 31.1 Å². The highest BCUT2D eigenvalue weighted by molar-refractivity contribution is 5.66. The van der Waals surface area contributed by atoms with Gasteiger partial charge in [0, 0.05) is 19.3 Å². The van der Waals surface area contributed by atoms with Crippen molar-refractivity contribution in [1.29, 1.82) is 0 Å². The predicted octanol–water partition coefficient (Wildman–Crippen LogP) is 4.10. The van der Waals surface area contributed by atoms with E-state index < -0.39 is 6.29 Å². The number of benzene rings is 2. The zero-order valence-electron chi connectivity index (χ0n) is 16.5. The van der Waals surface area contributed by atoms with Gasteiger partial charge in [0.05, 0.1) is 32.0 Å². The van der Waals surface area contributed by atoms with E-state index in [4.69, 9.17) is 18.9 Å². The Morgan fingerprint density at radius 2 is 1.61 bits per heavy atom. The minimum Gasteiger partial charge on any atom is -0.436 e. The van der Waals surface area contributed by atoms with Gasteiger partial charge in [0.25, 0.3) is 0 Å². The fourth-order valence-corrected chi connectivity index (χ4v) is 3.33. The summed E-state index contributed by atoms with van der Waals surface area (Å²) in [6.45, 7) is 4.93. The second-order valence-electron chi connectivity index (χ2n) is 7.14. The summed E-state index contributed by atoms with van der Waals surface area (Å²) in [6.07, 6.45) is -0.381. The van der Waals surface area contributed by atoms with E-state index in [1.54, 1.807) is 0 Å². The maximum atomic E-state index is 11.4. The lowest BCUT2D eigenvalue weighted by Gasteiger charge is -2.39. The molecule has 0 aliphatic carbocycles. The van der Waals surface area contributed by atoms with Crippen molar-refractivity contribution in [2.75, 3.05) is 6.61 Å². The Labute approximate surface area is 166 Å². The molecule has 0 bridgehead atoms. The molecule has 3 rings (SSSR count). The molecule has 0 spiro atoms.